The van der Waals surface area contributed by atoms with Gasteiger partial charge in [-0.25, -0.2) is 13.8 Å². The van der Waals surface area contributed by atoms with Gasteiger partial charge in [0.2, 0.25) is 0 Å². The molecule has 0 unspecified atom stereocenters. The molecule has 6 nitrogen and oxygen atoms in total. The summed E-state index contributed by atoms with van der Waals surface area (Å²) < 4.78 is 34.9. The van der Waals surface area contributed by atoms with Crippen molar-refractivity contribution in [1.82, 2.24) is 4.98 Å². The zero-order valence-corrected chi connectivity index (χ0v) is 20.0. The summed E-state index contributed by atoms with van der Waals surface area (Å²) >= 11 is 0. The van der Waals surface area contributed by atoms with Gasteiger partial charge in [-0.15, -0.1) is 0 Å². The number of aldehydes is 1. The molecule has 0 amide bonds. The van der Waals surface area contributed by atoms with Crippen LogP contribution in [-0.4, -0.2) is 29.9 Å². The summed E-state index contributed by atoms with van der Waals surface area (Å²) in [6.07, 6.45) is 2.37. The number of halogens is 2. The van der Waals surface area contributed by atoms with Crippen molar-refractivity contribution in [2.75, 3.05) is 12.4 Å². The molecule has 184 valence electrons. The number of nitrogens with one attached hydrogen (secondary N) is 1. The maximum Gasteiger partial charge on any atom is 0.159 e. The minimum atomic E-state index is -0.739. The lowest BCUT2D eigenvalue weighted by Crippen LogP contribution is -2.11. The average molecular weight is 498 g/mol. The predicted octanol–water partition coefficient (Wildman–Crippen LogP) is 6.15. The Kier molecular flexibility index (Phi) is 6.31. The summed E-state index contributed by atoms with van der Waals surface area (Å²) in [5, 5.41) is 3.20. The van der Waals surface area contributed by atoms with Crippen LogP contribution in [0.4, 0.5) is 20.3 Å². The number of ether oxygens (including phenoxy) is 1. The molecule has 1 aromatic heterocycles. The lowest BCUT2D eigenvalue weighted by atomic mass is 9.90. The molecule has 1 N–H and O–H groups in total. The highest BCUT2D eigenvalue weighted by atomic mass is 19.1. The van der Waals surface area contributed by atoms with Gasteiger partial charge in [-0.1, -0.05) is 18.2 Å². The summed E-state index contributed by atoms with van der Waals surface area (Å²) in [6, 6.07) is 15.6. The largest absolute Gasteiger partial charge is 0.496 e. The van der Waals surface area contributed by atoms with Gasteiger partial charge >= 0.3 is 0 Å². The number of aliphatic imine (C=N–C) groups is 1. The topological polar surface area (TPSA) is 80.7 Å². The van der Waals surface area contributed by atoms with Gasteiger partial charge in [0.1, 0.15) is 23.2 Å². The number of anilines is 2. The first-order valence-electron chi connectivity index (χ1n) is 11.4. The molecule has 0 spiro atoms. The number of nitrogens with zero attached hydrogens (tertiary/aromatic N) is 2. The van der Waals surface area contributed by atoms with E-state index in [9.17, 15) is 18.4 Å². The summed E-state index contributed by atoms with van der Waals surface area (Å²) in [7, 11) is 1.48. The Balaban J connectivity index is 1.64. The summed E-state index contributed by atoms with van der Waals surface area (Å²) in [4.78, 5) is 32.4. The van der Waals surface area contributed by atoms with Gasteiger partial charge in [0.25, 0.3) is 0 Å². The Hall–Kier alpha value is -4.72. The first-order chi connectivity index (χ1) is 17.9. The van der Waals surface area contributed by atoms with E-state index < -0.39 is 11.6 Å². The number of hydrogen-bond acceptors (Lipinski definition) is 6. The second kappa shape index (κ2) is 9.73. The van der Waals surface area contributed by atoms with Crippen molar-refractivity contribution < 1.29 is 23.1 Å². The van der Waals surface area contributed by atoms with Crippen LogP contribution in [0.15, 0.2) is 71.9 Å². The normalized spacial score (nSPS) is 12.1. The van der Waals surface area contributed by atoms with Crippen molar-refractivity contribution >= 4 is 29.3 Å². The fourth-order valence-electron chi connectivity index (χ4n) is 4.34. The second-order valence-electron chi connectivity index (χ2n) is 8.50. The highest BCUT2D eigenvalue weighted by molar-refractivity contribution is 6.18. The molecular formula is C29H21F2N3O3. The Bertz CT molecular complexity index is 1580. The Morgan fingerprint density at radius 1 is 1.00 bits per heavy atom. The lowest BCUT2D eigenvalue weighted by molar-refractivity contribution is 0.101. The van der Waals surface area contributed by atoms with E-state index in [2.05, 4.69) is 15.3 Å². The van der Waals surface area contributed by atoms with Crippen molar-refractivity contribution in [3.05, 3.63) is 106 Å². The standard InChI is InChI=1S/C29H21F2N3O3/c1-16(36)17-7-9-21-22-12-27(34-20-8-6-18(15-35)26(11-20)37-2)32-13-19(22)14-33-29(23(21)10-17)28-24(30)4-3-5-25(28)31/h3-13,15H,14H2,1-2H3,(H,32,34). The Labute approximate surface area is 211 Å². The zero-order valence-electron chi connectivity index (χ0n) is 20.0. The minimum Gasteiger partial charge on any atom is -0.496 e. The molecule has 1 aliphatic heterocycles. The van der Waals surface area contributed by atoms with Crippen LogP contribution in [0.5, 0.6) is 5.75 Å². The van der Waals surface area contributed by atoms with E-state index in [4.69, 9.17) is 4.74 Å². The molecule has 1 aliphatic rings. The highest BCUT2D eigenvalue weighted by Crippen LogP contribution is 2.36. The maximum absolute atomic E-state index is 14.8. The summed E-state index contributed by atoms with van der Waals surface area (Å²) in [5.74, 6) is -0.733. The molecule has 0 aliphatic carbocycles. The Morgan fingerprint density at radius 3 is 2.49 bits per heavy atom. The van der Waals surface area contributed by atoms with E-state index in [1.807, 2.05) is 6.07 Å². The predicted molar refractivity (Wildman–Crippen MR) is 137 cm³/mol. The number of fused-ring (bicyclic) bond motifs is 3. The molecule has 0 saturated heterocycles. The maximum atomic E-state index is 14.8. The number of carbonyl (C=O) groups is 2. The van der Waals surface area contributed by atoms with Crippen LogP contribution in [0, 0.1) is 11.6 Å². The quantitative estimate of drug-likeness (QED) is 0.255. The first-order valence-corrected chi connectivity index (χ1v) is 11.4. The van der Waals surface area contributed by atoms with E-state index in [0.29, 0.717) is 45.8 Å². The molecule has 0 bridgehead atoms. The van der Waals surface area contributed by atoms with Crippen LogP contribution in [0.3, 0.4) is 0 Å². The summed E-state index contributed by atoms with van der Waals surface area (Å²) in [5.41, 5.74) is 3.99. The second-order valence-corrected chi connectivity index (χ2v) is 8.50. The number of pyridine rings is 1. The van der Waals surface area contributed by atoms with Crippen molar-refractivity contribution in [1.29, 1.82) is 0 Å². The molecule has 4 aromatic rings. The van der Waals surface area contributed by atoms with Crippen molar-refractivity contribution in [2.24, 2.45) is 4.99 Å². The third kappa shape index (κ3) is 4.49. The number of carbonyl (C=O) groups excluding carboxylic acids is 2. The smallest absolute Gasteiger partial charge is 0.159 e. The Morgan fingerprint density at radius 2 is 1.78 bits per heavy atom. The molecule has 0 saturated carbocycles. The molecule has 3 aromatic carbocycles. The molecule has 2 heterocycles. The SMILES string of the molecule is COc1cc(Nc2cc3c(cn2)CN=C(c2c(F)cccc2F)c2cc(C(C)=O)ccc2-3)ccc1C=O. The van der Waals surface area contributed by atoms with Crippen LogP contribution >= 0.6 is 0 Å². The number of aromatic nitrogens is 1. The van der Waals surface area contributed by atoms with Gasteiger partial charge in [-0.2, -0.15) is 0 Å². The van der Waals surface area contributed by atoms with E-state index in [-0.39, 0.29) is 23.6 Å². The van der Waals surface area contributed by atoms with Crippen LogP contribution < -0.4 is 10.1 Å². The fourth-order valence-corrected chi connectivity index (χ4v) is 4.34. The molecule has 0 radical (unpaired) electrons. The first kappa shape index (κ1) is 24.0. The molecule has 37 heavy (non-hydrogen) atoms. The molecule has 0 fully saturated rings. The van der Waals surface area contributed by atoms with Crippen molar-refractivity contribution in [3.8, 4) is 16.9 Å². The van der Waals surface area contributed by atoms with Gasteiger partial charge in [-0.05, 0) is 60.0 Å². The van der Waals surface area contributed by atoms with Crippen molar-refractivity contribution in [2.45, 2.75) is 13.5 Å². The number of hydrogen-bond donors (Lipinski definition) is 1. The van der Waals surface area contributed by atoms with Gasteiger partial charge in [0, 0.05) is 29.1 Å². The van der Waals surface area contributed by atoms with Crippen LogP contribution in [0.2, 0.25) is 0 Å². The fraction of sp³-hybridized carbons (Fsp3) is 0.103. The lowest BCUT2D eigenvalue weighted by Gasteiger charge is -2.15. The number of methoxy groups -OCH3 is 1. The van der Waals surface area contributed by atoms with Gasteiger partial charge in [0.05, 0.1) is 30.5 Å². The summed E-state index contributed by atoms with van der Waals surface area (Å²) in [6.45, 7) is 1.57. The van der Waals surface area contributed by atoms with Crippen LogP contribution in [0.25, 0.3) is 11.1 Å². The molecule has 5 rings (SSSR count). The monoisotopic (exact) mass is 497 g/mol. The number of rotatable bonds is 6. The van der Waals surface area contributed by atoms with E-state index in [1.54, 1.807) is 42.6 Å². The number of benzene rings is 3. The molecular weight excluding hydrogens is 476 g/mol. The zero-order chi connectivity index (χ0) is 26.1. The third-order valence-corrected chi connectivity index (χ3v) is 6.20. The molecule has 8 heteroatoms. The number of ketones is 1. The van der Waals surface area contributed by atoms with Gasteiger partial charge in [-0.3, -0.25) is 14.6 Å². The molecule has 0 atom stereocenters. The van der Waals surface area contributed by atoms with Crippen LogP contribution in [-0.2, 0) is 6.54 Å². The van der Waals surface area contributed by atoms with E-state index in [0.717, 1.165) is 11.1 Å². The van der Waals surface area contributed by atoms with E-state index in [1.165, 1.54) is 32.2 Å². The van der Waals surface area contributed by atoms with Crippen LogP contribution in [0.1, 0.15) is 44.3 Å². The average Bonchev–Trinajstić information content (AvgIpc) is 3.05. The third-order valence-electron chi connectivity index (χ3n) is 6.20. The minimum absolute atomic E-state index is 0.133. The number of Topliss-reactive ketones (excluding diaryl/α,β-unsaturated/α-hetero) is 1. The van der Waals surface area contributed by atoms with Gasteiger partial charge in [0.15, 0.2) is 12.1 Å². The highest BCUT2D eigenvalue weighted by Gasteiger charge is 2.25. The van der Waals surface area contributed by atoms with Gasteiger partial charge < -0.3 is 10.1 Å². The van der Waals surface area contributed by atoms with Crippen molar-refractivity contribution in [3.63, 3.8) is 0 Å². The van der Waals surface area contributed by atoms with E-state index >= 15 is 0 Å².